The van der Waals surface area contributed by atoms with Crippen molar-refractivity contribution in [2.75, 3.05) is 6.61 Å². The fourth-order valence-electron chi connectivity index (χ4n) is 1.62. The molecule has 0 heterocycles. The number of hydrogen-bond donors (Lipinski definition) is 0. The first kappa shape index (κ1) is 18.7. The Kier molecular flexibility index (Phi) is 5.12. The van der Waals surface area contributed by atoms with Crippen molar-refractivity contribution < 1.29 is 27.1 Å². The number of hydrogen-bond acceptors (Lipinski definition) is 2. The summed E-state index contributed by atoms with van der Waals surface area (Å²) in [5.41, 5.74) is -4.72. The predicted octanol–water partition coefficient (Wildman–Crippen LogP) is 3.68. The summed E-state index contributed by atoms with van der Waals surface area (Å²) in [6, 6.07) is 0. The topological polar surface area (TPSA) is 26.3 Å². The van der Waals surface area contributed by atoms with E-state index < -0.39 is 45.7 Å². The third-order valence-electron chi connectivity index (χ3n) is 2.97. The summed E-state index contributed by atoms with van der Waals surface area (Å²) in [7, 11) is 5.63. The molecule has 1 aromatic rings. The van der Waals surface area contributed by atoms with E-state index in [-0.39, 0.29) is 12.0 Å². The summed E-state index contributed by atoms with van der Waals surface area (Å²) in [5.74, 6) is -8.19. The summed E-state index contributed by atoms with van der Waals surface area (Å²) in [6.45, 7) is 7.32. The van der Waals surface area contributed by atoms with Crippen molar-refractivity contribution in [3.63, 3.8) is 0 Å². The number of carbonyl (C=O) groups excluding carboxylic acids is 1. The number of halogens is 4. The highest BCUT2D eigenvalue weighted by atomic mass is 19.2. The number of ether oxygens (including phenoxy) is 1. The van der Waals surface area contributed by atoms with Gasteiger partial charge in [-0.1, -0.05) is 20.8 Å². The molecule has 7 heteroatoms. The summed E-state index contributed by atoms with van der Waals surface area (Å²) in [5, 5.41) is 0. The van der Waals surface area contributed by atoms with E-state index in [0.29, 0.717) is 0 Å². The Bertz CT molecular complexity index is 578. The normalized spacial score (nSPS) is 14.8. The van der Waals surface area contributed by atoms with Gasteiger partial charge in [0.05, 0.1) is 17.7 Å². The van der Waals surface area contributed by atoms with Crippen molar-refractivity contribution in [2.45, 2.75) is 40.1 Å². The van der Waals surface area contributed by atoms with Crippen LogP contribution in [-0.4, -0.2) is 25.7 Å². The van der Waals surface area contributed by atoms with Gasteiger partial charge in [0.2, 0.25) is 0 Å². The predicted molar refractivity (Wildman–Crippen MR) is 74.9 cm³/mol. The van der Waals surface area contributed by atoms with Crippen LogP contribution in [-0.2, 0) is 4.74 Å². The first-order chi connectivity index (χ1) is 9.79. The second kappa shape index (κ2) is 6.03. The zero-order chi connectivity index (χ0) is 17.5. The number of carbonyl (C=O) groups is 1. The van der Waals surface area contributed by atoms with Crippen molar-refractivity contribution in [1.82, 2.24) is 0 Å². The average Bonchev–Trinajstić information content (AvgIpc) is 2.40. The summed E-state index contributed by atoms with van der Waals surface area (Å²) in [4.78, 5) is 12.2. The first-order valence-corrected chi connectivity index (χ1v) is 6.60. The Morgan fingerprint density at radius 2 is 1.41 bits per heavy atom. The van der Waals surface area contributed by atoms with Gasteiger partial charge >= 0.3 is 0 Å². The molecular weight excluding hydrogens is 299 g/mol. The lowest BCUT2D eigenvalue weighted by Crippen LogP contribution is -2.42. The number of benzene rings is 1. The maximum absolute atomic E-state index is 13.8. The highest BCUT2D eigenvalue weighted by Gasteiger charge is 2.37. The van der Waals surface area contributed by atoms with Gasteiger partial charge in [0.25, 0.3) is 0 Å². The lowest BCUT2D eigenvalue weighted by Gasteiger charge is -2.29. The van der Waals surface area contributed by atoms with Crippen molar-refractivity contribution in [3.05, 3.63) is 34.4 Å². The van der Waals surface area contributed by atoms with Crippen LogP contribution in [0.5, 0.6) is 0 Å². The molecule has 2 radical (unpaired) electrons. The molecule has 0 aliphatic carbocycles. The van der Waals surface area contributed by atoms with Crippen LogP contribution >= 0.6 is 0 Å². The van der Waals surface area contributed by atoms with Crippen LogP contribution in [0.25, 0.3) is 0 Å². The number of Topliss-reactive ketones (excluding diaryl/α,β-unsaturated/α-hetero) is 1. The quantitative estimate of drug-likeness (QED) is 0.367. The highest BCUT2D eigenvalue weighted by molar-refractivity contribution is 6.31. The van der Waals surface area contributed by atoms with Crippen LogP contribution in [0.15, 0.2) is 0 Å². The molecule has 0 aliphatic rings. The lowest BCUT2D eigenvalue weighted by molar-refractivity contribution is -0.000958. The summed E-state index contributed by atoms with van der Waals surface area (Å²) < 4.78 is 59.9. The van der Waals surface area contributed by atoms with Crippen molar-refractivity contribution in [1.29, 1.82) is 0 Å². The lowest BCUT2D eigenvalue weighted by atomic mass is 9.76. The Morgan fingerprint density at radius 3 is 1.77 bits per heavy atom. The van der Waals surface area contributed by atoms with Crippen molar-refractivity contribution >= 4 is 13.6 Å². The molecular formula is C15H17BF4O2. The molecule has 0 saturated heterocycles. The van der Waals surface area contributed by atoms with Gasteiger partial charge in [0.1, 0.15) is 7.85 Å². The van der Waals surface area contributed by atoms with Crippen LogP contribution in [0.4, 0.5) is 17.6 Å². The molecule has 0 fully saturated rings. The summed E-state index contributed by atoms with van der Waals surface area (Å²) in [6.07, 6.45) is 0. The zero-order valence-corrected chi connectivity index (χ0v) is 13.1. The van der Waals surface area contributed by atoms with E-state index in [2.05, 4.69) is 0 Å². The smallest absolute Gasteiger partial charge is 0.190 e. The Morgan fingerprint density at radius 1 is 1.00 bits per heavy atom. The zero-order valence-electron chi connectivity index (χ0n) is 13.1. The van der Waals surface area contributed by atoms with E-state index in [1.807, 2.05) is 0 Å². The second-order valence-corrected chi connectivity index (χ2v) is 6.54. The van der Waals surface area contributed by atoms with E-state index in [0.717, 1.165) is 13.8 Å². The molecule has 1 unspecified atom stereocenters. The monoisotopic (exact) mass is 316 g/mol. The van der Waals surface area contributed by atoms with Crippen LogP contribution in [0.3, 0.4) is 0 Å². The van der Waals surface area contributed by atoms with Crippen molar-refractivity contribution in [2.24, 2.45) is 5.41 Å². The second-order valence-electron chi connectivity index (χ2n) is 6.54. The molecule has 0 bridgehead atoms. The van der Waals surface area contributed by atoms with E-state index in [1.54, 1.807) is 20.8 Å². The van der Waals surface area contributed by atoms with Crippen molar-refractivity contribution in [3.8, 4) is 0 Å². The van der Waals surface area contributed by atoms with Gasteiger partial charge in [0, 0.05) is 5.56 Å². The minimum Gasteiger partial charge on any atom is -0.377 e. The molecule has 0 amide bonds. The molecule has 2 nitrogen and oxygen atoms in total. The average molecular weight is 316 g/mol. The maximum Gasteiger partial charge on any atom is 0.190 e. The molecule has 0 aliphatic heterocycles. The molecule has 1 aromatic carbocycles. The Labute approximate surface area is 128 Å². The molecule has 0 N–H and O–H groups in total. The maximum atomic E-state index is 13.8. The van der Waals surface area contributed by atoms with Crippen LogP contribution in [0.2, 0.25) is 0 Å². The Balaban J connectivity index is 3.29. The molecule has 120 valence electrons. The number of ketones is 1. The molecule has 0 aromatic heterocycles. The van der Waals surface area contributed by atoms with Gasteiger partial charge in [-0.15, -0.1) is 0 Å². The van der Waals surface area contributed by atoms with Gasteiger partial charge in [-0.25, -0.2) is 17.6 Å². The molecule has 0 saturated carbocycles. The van der Waals surface area contributed by atoms with Gasteiger partial charge in [-0.2, -0.15) is 0 Å². The van der Waals surface area contributed by atoms with E-state index in [1.165, 1.54) is 0 Å². The van der Waals surface area contributed by atoms with Crippen LogP contribution in [0.1, 0.15) is 43.6 Å². The van der Waals surface area contributed by atoms with Crippen LogP contribution in [0, 0.1) is 35.6 Å². The summed E-state index contributed by atoms with van der Waals surface area (Å²) >= 11 is 0. The van der Waals surface area contributed by atoms with Crippen LogP contribution < -0.4 is 0 Å². The van der Waals surface area contributed by atoms with E-state index >= 15 is 0 Å². The van der Waals surface area contributed by atoms with Gasteiger partial charge in [-0.05, 0) is 19.3 Å². The number of rotatable bonds is 4. The minimum atomic E-state index is -2.12. The third-order valence-corrected chi connectivity index (χ3v) is 2.97. The minimum absolute atomic E-state index is 0.00576. The van der Waals surface area contributed by atoms with E-state index in [4.69, 9.17) is 12.6 Å². The van der Waals surface area contributed by atoms with Gasteiger partial charge in [0.15, 0.2) is 29.1 Å². The third kappa shape index (κ3) is 3.69. The molecule has 22 heavy (non-hydrogen) atoms. The molecule has 0 spiro atoms. The fraction of sp³-hybridized carbons (Fsp3) is 0.533. The Hall–Kier alpha value is -1.37. The first-order valence-electron chi connectivity index (χ1n) is 6.60. The fourth-order valence-corrected chi connectivity index (χ4v) is 1.62. The van der Waals surface area contributed by atoms with Gasteiger partial charge < -0.3 is 4.74 Å². The van der Waals surface area contributed by atoms with E-state index in [9.17, 15) is 22.4 Å². The SMILES string of the molecule is [B]C(C)(OCC(C)(C)C)C(=O)c1c(F)c(F)c(C)c(F)c1F. The molecule has 1 rings (SSSR count). The highest BCUT2D eigenvalue weighted by Crippen LogP contribution is 2.28. The van der Waals surface area contributed by atoms with Gasteiger partial charge in [-0.3, -0.25) is 4.79 Å². The largest absolute Gasteiger partial charge is 0.377 e. The molecule has 1 atom stereocenters. The standard InChI is InChI=1S/C15H17BF4O2/c1-7-9(17)11(19)8(12(20)10(7)18)13(21)15(5,16)22-6-14(2,3)4/h6H2,1-5H3.